The van der Waals surface area contributed by atoms with Gasteiger partial charge in [0.1, 0.15) is 23.6 Å². The summed E-state index contributed by atoms with van der Waals surface area (Å²) in [6.45, 7) is 4.18. The van der Waals surface area contributed by atoms with E-state index in [1.165, 1.54) is 42.7 Å². The molecular formula is C79H100N4O19. The second kappa shape index (κ2) is 38.7. The number of Topliss-reactive ketones (excluding diaryl/α,β-unsaturated/α-hetero) is 1. The van der Waals surface area contributed by atoms with Crippen molar-refractivity contribution in [1.82, 2.24) is 20.4 Å². The number of esters is 1. The SMILES string of the molecule is CC[C@H](C(=O)N1CCCC[C@H]1C(=O)C[C@H](CCc1ccc(OC)c(OC)c1)c1cccc(OCC(=O)NCCNC(=O)COc2cccc([C@@H](CCc3ccc(OC)c(OC)c3)OC(=O)[C@@H]3CCCCN3C(=O)[C@@H](CC)c3cc(OC)c(OC)c(OC)c3)c2)c1)c1cc(OC)c(OC)c(OC)c1. The van der Waals surface area contributed by atoms with Crippen molar-refractivity contribution in [3.05, 3.63) is 143 Å². The molecule has 2 aliphatic rings. The Morgan fingerprint density at radius 1 is 0.441 bits per heavy atom. The molecule has 2 saturated heterocycles. The minimum Gasteiger partial charge on any atom is -0.493 e. The summed E-state index contributed by atoms with van der Waals surface area (Å²) in [5, 5.41) is 5.59. The lowest BCUT2D eigenvalue weighted by atomic mass is 9.84. The Labute approximate surface area is 598 Å². The number of amides is 4. The summed E-state index contributed by atoms with van der Waals surface area (Å²) in [6, 6.07) is 31.4. The predicted molar refractivity (Wildman–Crippen MR) is 384 cm³/mol. The van der Waals surface area contributed by atoms with Crippen LogP contribution in [0.3, 0.4) is 0 Å². The lowest BCUT2D eigenvalue weighted by molar-refractivity contribution is -0.162. The standard InChI is InChI=1S/C79H100N4O19/c1-13-59(55-44-69(94-7)75(98-11)70(45-55)95-8)77(87)82-37-17-15-25-61(82)63(84)43-53(31-27-50-29-33-65(90-3)67(39-50)92-5)52-21-19-23-57(41-52)100-48-73(85)80-35-36-81-74(86)49-101-58-24-20-22-54(42-58)64(32-28-51-30-34-66(91-4)68(40-51)93-6)102-79(89)62-26-16-18-38-83(62)78(88)60(14-2)56-46-71(96-9)76(99-12)72(47-56)97-10/h19-24,29-30,33-34,39-42,44-47,53,59-62,64H,13-18,25-28,31-32,35-38,43,48-49H2,1-12H3,(H,80,85)(H,81,86)/t53-,59-,60-,61-,62-,64+/m0/s1. The first-order chi connectivity index (χ1) is 49.5. The van der Waals surface area contributed by atoms with Gasteiger partial charge in [-0.05, 0) is 189 Å². The molecule has 102 heavy (non-hydrogen) atoms. The van der Waals surface area contributed by atoms with Gasteiger partial charge in [0.05, 0.1) is 89.0 Å². The van der Waals surface area contributed by atoms with E-state index in [4.69, 9.17) is 61.6 Å². The molecular weight excluding hydrogens is 1310 g/mol. The topological polar surface area (TPSA) is 253 Å². The first-order valence-electron chi connectivity index (χ1n) is 34.9. The van der Waals surface area contributed by atoms with Gasteiger partial charge in [-0.25, -0.2) is 4.79 Å². The highest BCUT2D eigenvalue weighted by atomic mass is 16.6. The van der Waals surface area contributed by atoms with Crippen LogP contribution in [0.2, 0.25) is 0 Å². The van der Waals surface area contributed by atoms with Crippen LogP contribution in [-0.2, 0) is 46.3 Å². The number of likely N-dealkylation sites (tertiary alicyclic amines) is 2. The predicted octanol–water partition coefficient (Wildman–Crippen LogP) is 11.5. The van der Waals surface area contributed by atoms with Crippen molar-refractivity contribution in [3.63, 3.8) is 0 Å². The van der Waals surface area contributed by atoms with Crippen molar-refractivity contribution in [2.75, 3.05) is 110 Å². The molecule has 0 radical (unpaired) electrons. The third-order valence-electron chi connectivity index (χ3n) is 19.0. The van der Waals surface area contributed by atoms with Gasteiger partial charge in [-0.3, -0.25) is 24.0 Å². The van der Waals surface area contributed by atoms with Gasteiger partial charge in [-0.1, -0.05) is 50.2 Å². The van der Waals surface area contributed by atoms with E-state index in [1.807, 2.05) is 74.5 Å². The number of methoxy groups -OCH3 is 10. The first kappa shape index (κ1) is 77.7. The van der Waals surface area contributed by atoms with Gasteiger partial charge < -0.3 is 82.0 Å². The van der Waals surface area contributed by atoms with Crippen LogP contribution < -0.4 is 67.5 Å². The second-order valence-electron chi connectivity index (χ2n) is 25.1. The van der Waals surface area contributed by atoms with E-state index < -0.39 is 47.8 Å². The number of ether oxygens (including phenoxy) is 13. The highest BCUT2D eigenvalue weighted by molar-refractivity contribution is 5.93. The Morgan fingerprint density at radius 2 is 0.863 bits per heavy atom. The summed E-state index contributed by atoms with van der Waals surface area (Å²) in [7, 11) is 15.5. The van der Waals surface area contributed by atoms with E-state index in [2.05, 4.69) is 10.6 Å². The molecule has 23 heteroatoms. The van der Waals surface area contributed by atoms with Gasteiger partial charge in [0.15, 0.2) is 65.0 Å². The zero-order chi connectivity index (χ0) is 73.2. The zero-order valence-corrected chi connectivity index (χ0v) is 60.9. The summed E-state index contributed by atoms with van der Waals surface area (Å²) in [5.41, 5.74) is 4.70. The quantitative estimate of drug-likeness (QED) is 0.0270. The summed E-state index contributed by atoms with van der Waals surface area (Å²) in [4.78, 5) is 88.8. The largest absolute Gasteiger partial charge is 0.493 e. The third-order valence-corrected chi connectivity index (χ3v) is 19.0. The fourth-order valence-corrected chi connectivity index (χ4v) is 13.5. The number of nitrogens with one attached hydrogen (secondary N) is 2. The second-order valence-corrected chi connectivity index (χ2v) is 25.1. The average molecular weight is 1410 g/mol. The van der Waals surface area contributed by atoms with Crippen molar-refractivity contribution < 1.29 is 90.3 Å². The van der Waals surface area contributed by atoms with Gasteiger partial charge in [-0.2, -0.15) is 0 Å². The number of carbonyl (C=O) groups excluding carboxylic acids is 6. The highest BCUT2D eigenvalue weighted by Gasteiger charge is 2.40. The molecule has 550 valence electrons. The number of ketones is 1. The smallest absolute Gasteiger partial charge is 0.329 e. The third kappa shape index (κ3) is 19.9. The van der Waals surface area contributed by atoms with Crippen molar-refractivity contribution in [2.45, 2.75) is 133 Å². The van der Waals surface area contributed by atoms with Crippen LogP contribution in [0, 0.1) is 0 Å². The lowest BCUT2D eigenvalue weighted by Crippen LogP contribution is -2.50. The van der Waals surface area contributed by atoms with E-state index in [0.29, 0.717) is 157 Å². The molecule has 2 aliphatic heterocycles. The normalized spacial score (nSPS) is 15.4. The summed E-state index contributed by atoms with van der Waals surface area (Å²) in [5.74, 6) is 2.31. The van der Waals surface area contributed by atoms with Crippen LogP contribution >= 0.6 is 0 Å². The van der Waals surface area contributed by atoms with Gasteiger partial charge in [0, 0.05) is 32.6 Å². The molecule has 23 nitrogen and oxygen atoms in total. The molecule has 2 fully saturated rings. The molecule has 0 aromatic heterocycles. The number of piperidine rings is 2. The fourth-order valence-electron chi connectivity index (χ4n) is 13.5. The molecule has 0 unspecified atom stereocenters. The van der Waals surface area contributed by atoms with Crippen LogP contribution in [0.15, 0.2) is 109 Å². The van der Waals surface area contributed by atoms with E-state index in [-0.39, 0.29) is 56.2 Å². The molecule has 0 spiro atoms. The monoisotopic (exact) mass is 1410 g/mol. The molecule has 6 aromatic rings. The molecule has 0 saturated carbocycles. The maximum Gasteiger partial charge on any atom is 0.329 e. The minimum absolute atomic E-state index is 0.0436. The number of benzene rings is 6. The van der Waals surface area contributed by atoms with E-state index in [0.717, 1.165) is 36.0 Å². The van der Waals surface area contributed by atoms with Crippen molar-refractivity contribution in [3.8, 4) is 69.0 Å². The molecule has 2 N–H and O–H groups in total. The molecule has 0 aliphatic carbocycles. The maximum absolute atomic E-state index is 14.9. The van der Waals surface area contributed by atoms with Crippen LogP contribution in [0.5, 0.6) is 69.0 Å². The summed E-state index contributed by atoms with van der Waals surface area (Å²) >= 11 is 0. The lowest BCUT2D eigenvalue weighted by Gasteiger charge is -2.37. The summed E-state index contributed by atoms with van der Waals surface area (Å²) in [6.07, 6.45) is 6.17. The van der Waals surface area contributed by atoms with E-state index >= 15 is 0 Å². The number of rotatable bonds is 38. The first-order valence-corrected chi connectivity index (χ1v) is 34.9. The van der Waals surface area contributed by atoms with Gasteiger partial charge in [-0.15, -0.1) is 0 Å². The molecule has 6 atom stereocenters. The highest BCUT2D eigenvalue weighted by Crippen LogP contribution is 2.44. The molecule has 2 heterocycles. The maximum atomic E-state index is 14.9. The van der Waals surface area contributed by atoms with Gasteiger partial charge in [0.25, 0.3) is 11.8 Å². The minimum atomic E-state index is -0.856. The number of hydrogen-bond donors (Lipinski definition) is 2. The van der Waals surface area contributed by atoms with Crippen LogP contribution in [0.4, 0.5) is 0 Å². The Balaban J connectivity index is 0.885. The van der Waals surface area contributed by atoms with Crippen LogP contribution in [0.25, 0.3) is 0 Å². The Kier molecular flexibility index (Phi) is 29.4. The number of aryl methyl sites for hydroxylation is 2. The number of nitrogens with zero attached hydrogens (tertiary/aromatic N) is 2. The number of hydrogen-bond acceptors (Lipinski definition) is 19. The van der Waals surface area contributed by atoms with E-state index in [9.17, 15) is 28.8 Å². The average Bonchev–Trinajstić information content (AvgIpc) is 0.796. The molecule has 0 bridgehead atoms. The molecule has 4 amide bonds. The number of carbonyl (C=O) groups is 6. The van der Waals surface area contributed by atoms with Crippen LogP contribution in [-0.4, -0.2) is 168 Å². The zero-order valence-electron chi connectivity index (χ0n) is 60.9. The Hall–Kier alpha value is -10.1. The fraction of sp³-hybridized carbons (Fsp3) is 0.468. The van der Waals surface area contributed by atoms with Gasteiger partial charge >= 0.3 is 5.97 Å². The van der Waals surface area contributed by atoms with Crippen molar-refractivity contribution >= 4 is 35.4 Å². The molecule has 6 aromatic carbocycles. The van der Waals surface area contributed by atoms with E-state index in [1.54, 1.807) is 86.8 Å². The summed E-state index contributed by atoms with van der Waals surface area (Å²) < 4.78 is 74.4. The Morgan fingerprint density at radius 3 is 1.30 bits per heavy atom. The van der Waals surface area contributed by atoms with Crippen molar-refractivity contribution in [1.29, 1.82) is 0 Å². The van der Waals surface area contributed by atoms with Crippen molar-refractivity contribution in [2.24, 2.45) is 0 Å². The van der Waals surface area contributed by atoms with Crippen LogP contribution in [0.1, 0.15) is 142 Å². The Bertz CT molecular complexity index is 3510. The molecule has 8 rings (SSSR count). The van der Waals surface area contributed by atoms with Gasteiger partial charge in [0.2, 0.25) is 23.3 Å².